The Labute approximate surface area is 178 Å². The van der Waals surface area contributed by atoms with E-state index in [1.54, 1.807) is 12.5 Å². The minimum atomic E-state index is -0.631. The number of nitrogens with one attached hydrogen (secondary N) is 2. The second kappa shape index (κ2) is 6.73. The highest BCUT2D eigenvalue weighted by Gasteiger charge is 2.41. The third-order valence-electron chi connectivity index (χ3n) is 7.44. The topological polar surface area (TPSA) is 71.4 Å². The molecule has 0 spiro atoms. The van der Waals surface area contributed by atoms with Gasteiger partial charge in [-0.3, -0.25) is 0 Å². The SMILES string of the molecule is CC1C2CCC(CC2)C1Nc1nc(-c2c[nH]c3c(F)cc(F)cc23)nc2c1ncn2C. The molecule has 7 rings (SSSR count). The maximum Gasteiger partial charge on any atom is 0.166 e. The molecule has 3 saturated carbocycles. The van der Waals surface area contributed by atoms with E-state index in [0.717, 1.165) is 17.5 Å². The molecule has 2 bridgehead atoms. The van der Waals surface area contributed by atoms with Crippen molar-refractivity contribution in [1.29, 1.82) is 0 Å². The lowest BCUT2D eigenvalue weighted by Crippen LogP contribution is -2.47. The molecule has 0 amide bonds. The Morgan fingerprint density at radius 2 is 1.87 bits per heavy atom. The number of halogens is 2. The summed E-state index contributed by atoms with van der Waals surface area (Å²) in [5.74, 6) is 1.81. The van der Waals surface area contributed by atoms with Gasteiger partial charge in [-0.1, -0.05) is 6.92 Å². The first kappa shape index (κ1) is 18.7. The number of aromatic amines is 1. The molecule has 3 fully saturated rings. The Kier molecular flexibility index (Phi) is 4.07. The van der Waals surface area contributed by atoms with Gasteiger partial charge in [-0.05, 0) is 49.5 Å². The summed E-state index contributed by atoms with van der Waals surface area (Å²) in [6.07, 6.45) is 8.47. The normalized spacial score (nSPS) is 25.5. The van der Waals surface area contributed by atoms with Gasteiger partial charge in [0, 0.05) is 36.3 Å². The predicted octanol–water partition coefficient (Wildman–Crippen LogP) is 5.03. The van der Waals surface area contributed by atoms with Crippen LogP contribution in [0.25, 0.3) is 33.5 Å². The van der Waals surface area contributed by atoms with E-state index in [2.05, 4.69) is 22.2 Å². The Balaban J connectivity index is 1.49. The molecule has 0 radical (unpaired) electrons. The second-order valence-corrected chi connectivity index (χ2v) is 9.14. The molecule has 3 aliphatic carbocycles. The van der Waals surface area contributed by atoms with Gasteiger partial charge in [0.2, 0.25) is 0 Å². The fraction of sp³-hybridized carbons (Fsp3) is 0.435. The highest BCUT2D eigenvalue weighted by molar-refractivity contribution is 5.96. The molecule has 6 nitrogen and oxygen atoms in total. The zero-order valence-electron chi connectivity index (χ0n) is 17.5. The highest BCUT2D eigenvalue weighted by atomic mass is 19.1. The molecule has 3 aliphatic rings. The summed E-state index contributed by atoms with van der Waals surface area (Å²) < 4.78 is 30.0. The van der Waals surface area contributed by atoms with Crippen LogP contribution in [0.2, 0.25) is 0 Å². The zero-order valence-corrected chi connectivity index (χ0v) is 17.5. The van der Waals surface area contributed by atoms with E-state index in [1.165, 1.54) is 31.7 Å². The van der Waals surface area contributed by atoms with Crippen LogP contribution in [-0.2, 0) is 7.05 Å². The zero-order chi connectivity index (χ0) is 21.3. The van der Waals surface area contributed by atoms with Crippen molar-refractivity contribution in [3.63, 3.8) is 0 Å². The lowest BCUT2D eigenvalue weighted by Gasteiger charge is -2.47. The van der Waals surface area contributed by atoms with E-state index in [4.69, 9.17) is 9.97 Å². The van der Waals surface area contributed by atoms with Crippen molar-refractivity contribution in [3.05, 3.63) is 36.3 Å². The third kappa shape index (κ3) is 2.84. The molecule has 0 saturated heterocycles. The summed E-state index contributed by atoms with van der Waals surface area (Å²) in [6.45, 7) is 2.33. The summed E-state index contributed by atoms with van der Waals surface area (Å²) in [4.78, 5) is 16.9. The van der Waals surface area contributed by atoms with E-state index in [1.807, 2.05) is 11.6 Å². The second-order valence-electron chi connectivity index (χ2n) is 9.14. The first-order valence-electron chi connectivity index (χ1n) is 10.9. The van der Waals surface area contributed by atoms with Gasteiger partial charge in [0.25, 0.3) is 0 Å². The van der Waals surface area contributed by atoms with Crippen molar-refractivity contribution in [2.45, 2.75) is 38.6 Å². The van der Waals surface area contributed by atoms with E-state index in [0.29, 0.717) is 46.1 Å². The summed E-state index contributed by atoms with van der Waals surface area (Å²) in [6, 6.07) is 2.54. The van der Waals surface area contributed by atoms with Gasteiger partial charge in [0.1, 0.15) is 17.2 Å². The van der Waals surface area contributed by atoms with Gasteiger partial charge in [0.15, 0.2) is 17.3 Å². The average Bonchev–Trinajstić information content (AvgIpc) is 3.35. The van der Waals surface area contributed by atoms with Crippen molar-refractivity contribution >= 4 is 27.9 Å². The monoisotopic (exact) mass is 422 g/mol. The number of fused-ring (bicyclic) bond motifs is 5. The van der Waals surface area contributed by atoms with Crippen LogP contribution in [-0.4, -0.2) is 30.5 Å². The molecule has 2 atom stereocenters. The lowest BCUT2D eigenvalue weighted by molar-refractivity contribution is 0.0928. The molecule has 2 unspecified atom stereocenters. The maximum atomic E-state index is 14.2. The molecule has 8 heteroatoms. The van der Waals surface area contributed by atoms with Gasteiger partial charge in [-0.15, -0.1) is 0 Å². The Morgan fingerprint density at radius 3 is 2.65 bits per heavy atom. The molecular formula is C23H24F2N6. The molecule has 31 heavy (non-hydrogen) atoms. The molecule has 1 aromatic carbocycles. The van der Waals surface area contributed by atoms with Crippen LogP contribution in [0.15, 0.2) is 24.7 Å². The number of benzene rings is 1. The molecule has 2 N–H and O–H groups in total. The van der Waals surface area contributed by atoms with Crippen molar-refractivity contribution < 1.29 is 8.78 Å². The van der Waals surface area contributed by atoms with E-state index >= 15 is 0 Å². The number of hydrogen-bond donors (Lipinski definition) is 2. The van der Waals surface area contributed by atoms with E-state index in [-0.39, 0.29) is 5.52 Å². The van der Waals surface area contributed by atoms with Crippen LogP contribution >= 0.6 is 0 Å². The van der Waals surface area contributed by atoms with Gasteiger partial charge in [-0.25, -0.2) is 23.7 Å². The van der Waals surface area contributed by atoms with Crippen LogP contribution in [0, 0.1) is 29.4 Å². The molecular weight excluding hydrogens is 398 g/mol. The Morgan fingerprint density at radius 1 is 1.10 bits per heavy atom. The maximum absolute atomic E-state index is 14.2. The Hall–Kier alpha value is -3.03. The molecule has 3 aromatic heterocycles. The summed E-state index contributed by atoms with van der Waals surface area (Å²) in [5.41, 5.74) is 2.22. The fourth-order valence-electron chi connectivity index (χ4n) is 5.73. The largest absolute Gasteiger partial charge is 0.365 e. The molecule has 160 valence electrons. The average molecular weight is 422 g/mol. The van der Waals surface area contributed by atoms with Crippen molar-refractivity contribution in [1.82, 2.24) is 24.5 Å². The van der Waals surface area contributed by atoms with Crippen molar-refractivity contribution in [2.24, 2.45) is 24.8 Å². The number of rotatable bonds is 3. The van der Waals surface area contributed by atoms with Crippen LogP contribution in [0.4, 0.5) is 14.6 Å². The summed E-state index contributed by atoms with van der Waals surface area (Å²) in [5, 5.41) is 4.13. The third-order valence-corrected chi connectivity index (χ3v) is 7.44. The van der Waals surface area contributed by atoms with Gasteiger partial charge >= 0.3 is 0 Å². The van der Waals surface area contributed by atoms with Crippen LogP contribution in [0.1, 0.15) is 32.6 Å². The smallest absolute Gasteiger partial charge is 0.166 e. The fourth-order valence-corrected chi connectivity index (χ4v) is 5.73. The number of aryl methyl sites for hydroxylation is 1. The number of hydrogen-bond acceptors (Lipinski definition) is 4. The van der Waals surface area contributed by atoms with Crippen molar-refractivity contribution in [2.75, 3.05) is 5.32 Å². The molecule has 0 aliphatic heterocycles. The minimum absolute atomic E-state index is 0.248. The lowest BCUT2D eigenvalue weighted by atomic mass is 9.62. The number of anilines is 1. The van der Waals surface area contributed by atoms with Crippen LogP contribution < -0.4 is 5.32 Å². The minimum Gasteiger partial charge on any atom is -0.365 e. The first-order valence-corrected chi connectivity index (χ1v) is 10.9. The van der Waals surface area contributed by atoms with E-state index in [9.17, 15) is 8.78 Å². The first-order chi connectivity index (χ1) is 15.0. The summed E-state index contributed by atoms with van der Waals surface area (Å²) >= 11 is 0. The van der Waals surface area contributed by atoms with Crippen LogP contribution in [0.5, 0.6) is 0 Å². The van der Waals surface area contributed by atoms with Crippen LogP contribution in [0.3, 0.4) is 0 Å². The van der Waals surface area contributed by atoms with Gasteiger partial charge < -0.3 is 14.9 Å². The van der Waals surface area contributed by atoms with Crippen molar-refractivity contribution in [3.8, 4) is 11.4 Å². The quantitative estimate of drug-likeness (QED) is 0.486. The Bertz CT molecular complexity index is 1300. The van der Waals surface area contributed by atoms with E-state index < -0.39 is 11.6 Å². The number of H-pyrrole nitrogens is 1. The molecule has 3 heterocycles. The summed E-state index contributed by atoms with van der Waals surface area (Å²) in [7, 11) is 1.88. The number of imidazole rings is 1. The number of nitrogens with zero attached hydrogens (tertiary/aromatic N) is 4. The van der Waals surface area contributed by atoms with Gasteiger partial charge in [-0.2, -0.15) is 0 Å². The van der Waals surface area contributed by atoms with Gasteiger partial charge in [0.05, 0.1) is 11.8 Å². The number of aromatic nitrogens is 5. The molecule has 4 aromatic rings. The highest BCUT2D eigenvalue weighted by Crippen LogP contribution is 2.46. The standard InChI is InChI=1S/C23H24F2N6/c1-11-12-3-5-13(6-4-12)18(11)28-22-20-23(31(2)10-27-20)30-21(29-22)16-9-26-19-15(16)7-14(24)8-17(19)25/h7-13,18,26H,3-6H2,1-2H3,(H,28,29,30). The predicted molar refractivity (Wildman–Crippen MR) is 116 cm³/mol.